The Morgan fingerprint density at radius 2 is 1.72 bits per heavy atom. The number of aromatic amines is 1. The third kappa shape index (κ3) is 5.08. The van der Waals surface area contributed by atoms with E-state index in [9.17, 15) is 4.79 Å². The highest BCUT2D eigenvalue weighted by Gasteiger charge is 2.73. The van der Waals surface area contributed by atoms with E-state index in [4.69, 9.17) is 24.4 Å². The molecule has 2 aliphatic rings. The Balaban J connectivity index is 1.85. The summed E-state index contributed by atoms with van der Waals surface area (Å²) in [6.45, 7) is 23.4. The number of H-pyrrole nitrogens is 1. The highest BCUT2D eigenvalue weighted by atomic mass is 28.4. The number of rotatable bonds is 5. The van der Waals surface area contributed by atoms with Gasteiger partial charge in [0.2, 0.25) is 5.95 Å². The van der Waals surface area contributed by atoms with Crippen LogP contribution in [0.3, 0.4) is 0 Å². The fourth-order valence-corrected chi connectivity index (χ4v) is 8.08. The number of hydrogen-bond acceptors (Lipinski definition) is 8. The van der Waals surface area contributed by atoms with Crippen molar-refractivity contribution in [1.29, 1.82) is 0 Å². The van der Waals surface area contributed by atoms with Crippen LogP contribution in [-0.4, -0.2) is 71.7 Å². The summed E-state index contributed by atoms with van der Waals surface area (Å²) in [7, 11) is -3.10. The molecule has 0 amide bonds. The first kappa shape index (κ1) is 27.5. The quantitative estimate of drug-likeness (QED) is 0.558. The Bertz CT molecular complexity index is 1190. The third-order valence-electron chi connectivity index (χ3n) is 7.23. The van der Waals surface area contributed by atoms with Crippen molar-refractivity contribution >= 4 is 34.9 Å². The molecular formula is C24H43N5O5Si2. The first-order chi connectivity index (χ1) is 16.2. The lowest BCUT2D eigenvalue weighted by atomic mass is 10.1. The molecule has 10 nitrogen and oxygen atoms in total. The molecule has 202 valence electrons. The lowest BCUT2D eigenvalue weighted by Crippen LogP contribution is -2.51. The zero-order chi connectivity index (χ0) is 27.1. The predicted molar refractivity (Wildman–Crippen MR) is 145 cm³/mol. The number of nitrogens with one attached hydrogen (secondary N) is 1. The van der Waals surface area contributed by atoms with E-state index in [2.05, 4.69) is 90.4 Å². The van der Waals surface area contributed by atoms with Crippen LogP contribution < -0.4 is 11.3 Å². The van der Waals surface area contributed by atoms with Crippen LogP contribution in [0.25, 0.3) is 11.2 Å². The van der Waals surface area contributed by atoms with Crippen LogP contribution in [-0.2, 0) is 18.6 Å². The van der Waals surface area contributed by atoms with Crippen molar-refractivity contribution in [2.75, 3.05) is 5.73 Å². The van der Waals surface area contributed by atoms with Gasteiger partial charge in [-0.25, -0.2) is 4.98 Å². The van der Waals surface area contributed by atoms with Gasteiger partial charge in [-0.2, -0.15) is 4.98 Å². The Morgan fingerprint density at radius 1 is 1.11 bits per heavy atom. The maximum Gasteiger partial charge on any atom is 0.280 e. The Hall–Kier alpha value is -1.58. The topological polar surface area (TPSA) is 127 Å². The highest BCUT2D eigenvalue weighted by Crippen LogP contribution is 2.54. The molecule has 36 heavy (non-hydrogen) atoms. The molecule has 4 heterocycles. The molecule has 0 aliphatic carbocycles. The van der Waals surface area contributed by atoms with Crippen LogP contribution in [0.15, 0.2) is 11.1 Å². The predicted octanol–water partition coefficient (Wildman–Crippen LogP) is 2.82. The molecule has 2 saturated heterocycles. The summed E-state index contributed by atoms with van der Waals surface area (Å²) in [4.78, 5) is 23.8. The zero-order valence-electron chi connectivity index (χ0n) is 23.6. The number of imidazole rings is 1. The molecule has 0 bridgehead atoms. The average molecular weight is 538 g/mol. The van der Waals surface area contributed by atoms with Crippen LogP contribution in [0, 0.1) is 0 Å². The van der Waals surface area contributed by atoms with Crippen molar-refractivity contribution < 1.29 is 18.6 Å². The van der Waals surface area contributed by atoms with E-state index in [0.717, 1.165) is 0 Å². The van der Waals surface area contributed by atoms with Gasteiger partial charge in [0.15, 0.2) is 25.7 Å². The molecule has 0 saturated carbocycles. The smallest absolute Gasteiger partial charge is 0.280 e. The second-order valence-corrected chi connectivity index (χ2v) is 20.7. The van der Waals surface area contributed by atoms with Crippen LogP contribution in [0.2, 0.25) is 18.1 Å². The van der Waals surface area contributed by atoms with Crippen molar-refractivity contribution in [3.05, 3.63) is 16.7 Å². The van der Waals surface area contributed by atoms with Gasteiger partial charge in [0.25, 0.3) is 5.56 Å². The molecule has 1 unspecified atom stereocenters. The minimum Gasteiger partial charge on any atom is -0.407 e. The summed E-state index contributed by atoms with van der Waals surface area (Å²) >= 11 is 0. The molecule has 2 aromatic heterocycles. The van der Waals surface area contributed by atoms with Gasteiger partial charge in [-0.1, -0.05) is 20.8 Å². The van der Waals surface area contributed by atoms with Gasteiger partial charge < -0.3 is 24.4 Å². The summed E-state index contributed by atoms with van der Waals surface area (Å²) in [5, 5.41) is -0.583. The Labute approximate surface area is 216 Å². The van der Waals surface area contributed by atoms with Crippen LogP contribution >= 0.6 is 0 Å². The number of nitrogen functional groups attached to an aromatic ring is 1. The van der Waals surface area contributed by atoms with Crippen LogP contribution in [0.1, 0.15) is 68.5 Å². The van der Waals surface area contributed by atoms with E-state index >= 15 is 0 Å². The average Bonchev–Trinajstić information content (AvgIpc) is 3.02. The van der Waals surface area contributed by atoms with Gasteiger partial charge in [0.1, 0.15) is 27.0 Å². The Kier molecular flexibility index (Phi) is 6.46. The van der Waals surface area contributed by atoms with E-state index in [1.54, 1.807) is 10.9 Å². The zero-order valence-corrected chi connectivity index (χ0v) is 26.0. The SMILES string of the molecule is CC(C)(C)OC1[SiH2][C@@]12O[C@@H](n1cnc3c(=O)[nH]c(N)nc31)[C@H](O[Si](C)(C)C(C)(C)C)[C@@H]2OC(C)(C)C. The van der Waals surface area contributed by atoms with Crippen LogP contribution in [0.4, 0.5) is 5.95 Å². The fourth-order valence-electron chi connectivity index (χ4n) is 4.54. The van der Waals surface area contributed by atoms with Crippen molar-refractivity contribution in [2.24, 2.45) is 0 Å². The second-order valence-electron chi connectivity index (χ2n) is 13.7. The van der Waals surface area contributed by atoms with Gasteiger partial charge >= 0.3 is 0 Å². The molecular weight excluding hydrogens is 494 g/mol. The monoisotopic (exact) mass is 537 g/mol. The number of ether oxygens (including phenoxy) is 3. The number of fused-ring (bicyclic) bond motifs is 1. The van der Waals surface area contributed by atoms with E-state index in [1.807, 2.05) is 0 Å². The summed E-state index contributed by atoms with van der Waals surface area (Å²) in [5.41, 5.74) is 5.34. The molecule has 4 rings (SSSR count). The van der Waals surface area contributed by atoms with Gasteiger partial charge in [0.05, 0.1) is 23.3 Å². The summed E-state index contributed by atoms with van der Waals surface area (Å²) in [6.07, 6.45) is 0.222. The standard InChI is InChI=1S/C24H43N5O5Si2/c1-21(2,3)31-15-14(34-36(10,11)23(7,8)9)18(32-24(15)19(35-24)33-22(4,5)6)29-12-26-13-16(29)27-20(25)28-17(13)30/h12,14-15,18-19H,35H2,1-11H3,(H3,25,27,28,30)/t14-,15+,18-,19?,24-/m1/s1. The van der Waals surface area contributed by atoms with Gasteiger partial charge in [-0.15, -0.1) is 0 Å². The van der Waals surface area contributed by atoms with E-state index in [0.29, 0.717) is 5.65 Å². The lowest BCUT2D eigenvalue weighted by Gasteiger charge is -2.41. The first-order valence-electron chi connectivity index (χ1n) is 12.7. The first-order valence-corrected chi connectivity index (χ1v) is 17.1. The maximum absolute atomic E-state index is 12.5. The Morgan fingerprint density at radius 3 is 2.28 bits per heavy atom. The number of aromatic nitrogens is 4. The minimum absolute atomic E-state index is 0.0171. The molecule has 2 aliphatic heterocycles. The molecule has 1 spiro atoms. The molecule has 0 radical (unpaired) electrons. The van der Waals surface area contributed by atoms with Crippen molar-refractivity contribution in [3.8, 4) is 0 Å². The minimum atomic E-state index is -2.27. The van der Waals surface area contributed by atoms with Crippen molar-refractivity contribution in [1.82, 2.24) is 19.5 Å². The third-order valence-corrected chi connectivity index (χ3v) is 14.0. The normalized spacial score (nSPS) is 30.1. The number of anilines is 1. The van der Waals surface area contributed by atoms with Crippen molar-refractivity contribution in [2.45, 2.75) is 121 Å². The van der Waals surface area contributed by atoms with E-state index in [1.165, 1.54) is 0 Å². The summed E-state index contributed by atoms with van der Waals surface area (Å²) in [5.74, 6) is 0.0288. The number of nitrogens with two attached hydrogens (primary N) is 1. The summed E-state index contributed by atoms with van der Waals surface area (Å²) < 4.78 is 29.0. The molecule has 5 atom stereocenters. The van der Waals surface area contributed by atoms with Gasteiger partial charge in [-0.05, 0) is 59.7 Å². The fraction of sp³-hybridized carbons (Fsp3) is 0.792. The molecule has 12 heteroatoms. The number of nitrogens with zero attached hydrogens (tertiary/aromatic N) is 3. The molecule has 0 aromatic carbocycles. The highest BCUT2D eigenvalue weighted by molar-refractivity contribution is 6.74. The summed E-state index contributed by atoms with van der Waals surface area (Å²) in [6, 6.07) is 0. The molecule has 3 N–H and O–H groups in total. The molecule has 2 aromatic rings. The largest absolute Gasteiger partial charge is 0.407 e. The molecule has 2 fully saturated rings. The van der Waals surface area contributed by atoms with E-state index < -0.39 is 41.0 Å². The van der Waals surface area contributed by atoms with Crippen LogP contribution in [0.5, 0.6) is 0 Å². The lowest BCUT2D eigenvalue weighted by molar-refractivity contribution is -0.139. The van der Waals surface area contributed by atoms with Crippen molar-refractivity contribution in [3.63, 3.8) is 0 Å². The maximum atomic E-state index is 12.5. The van der Waals surface area contributed by atoms with Gasteiger partial charge in [-0.3, -0.25) is 14.3 Å². The van der Waals surface area contributed by atoms with Gasteiger partial charge in [0, 0.05) is 0 Å². The number of hydrogen-bond donors (Lipinski definition) is 2. The van der Waals surface area contributed by atoms with E-state index in [-0.39, 0.29) is 39.5 Å². The second kappa shape index (κ2) is 8.47.